The van der Waals surface area contributed by atoms with Gasteiger partial charge in [-0.25, -0.2) is 0 Å². The highest BCUT2D eigenvalue weighted by molar-refractivity contribution is 5.47. The van der Waals surface area contributed by atoms with Crippen molar-refractivity contribution in [3.8, 4) is 11.5 Å². The van der Waals surface area contributed by atoms with Gasteiger partial charge in [0.1, 0.15) is 18.1 Å². The van der Waals surface area contributed by atoms with Gasteiger partial charge < -0.3 is 9.84 Å². The van der Waals surface area contributed by atoms with Crippen molar-refractivity contribution in [1.82, 2.24) is 0 Å². The van der Waals surface area contributed by atoms with Gasteiger partial charge in [0.2, 0.25) is 0 Å². The molecule has 110 valence electrons. The molecule has 0 radical (unpaired) electrons. The van der Waals surface area contributed by atoms with Crippen LogP contribution in [-0.4, -0.2) is 10.0 Å². The minimum Gasteiger partial charge on any atom is -0.508 e. The topological polar surface area (TPSA) is 72.6 Å². The van der Waals surface area contributed by atoms with E-state index in [1.54, 1.807) is 25.1 Å². The highest BCUT2D eigenvalue weighted by Gasteiger charge is 2.16. The molecule has 0 saturated carbocycles. The van der Waals surface area contributed by atoms with Crippen LogP contribution in [-0.2, 0) is 6.61 Å². The van der Waals surface area contributed by atoms with Crippen LogP contribution in [0.1, 0.15) is 22.3 Å². The molecule has 0 aliphatic rings. The Labute approximate surface area is 123 Å². The molecule has 0 spiro atoms. The predicted octanol–water partition coefficient (Wildman–Crippen LogP) is 3.80. The van der Waals surface area contributed by atoms with E-state index in [0.717, 1.165) is 11.1 Å². The second kappa shape index (κ2) is 5.83. The van der Waals surface area contributed by atoms with Gasteiger partial charge in [-0.3, -0.25) is 10.1 Å². The standard InChI is InChI=1S/C16H17NO4/c1-10-5-4-6-14(17(19)20)13(10)9-21-16-8-11(2)15(18)7-12(16)3/h4-8,18H,9H2,1-3H3. The zero-order chi connectivity index (χ0) is 15.6. The first-order valence-electron chi connectivity index (χ1n) is 6.56. The predicted molar refractivity (Wildman–Crippen MR) is 79.7 cm³/mol. The van der Waals surface area contributed by atoms with Crippen molar-refractivity contribution in [3.05, 3.63) is 62.7 Å². The normalized spacial score (nSPS) is 10.4. The molecule has 0 bridgehead atoms. The van der Waals surface area contributed by atoms with Gasteiger partial charge >= 0.3 is 0 Å². The molecule has 5 nitrogen and oxygen atoms in total. The Morgan fingerprint density at radius 3 is 2.52 bits per heavy atom. The molecule has 5 heteroatoms. The van der Waals surface area contributed by atoms with Gasteiger partial charge in [-0.15, -0.1) is 0 Å². The quantitative estimate of drug-likeness (QED) is 0.685. The van der Waals surface area contributed by atoms with Crippen molar-refractivity contribution >= 4 is 5.69 Å². The lowest BCUT2D eigenvalue weighted by molar-refractivity contribution is -0.385. The Balaban J connectivity index is 2.29. The zero-order valence-electron chi connectivity index (χ0n) is 12.2. The molecule has 0 unspecified atom stereocenters. The number of nitro benzene ring substituents is 1. The van der Waals surface area contributed by atoms with E-state index < -0.39 is 4.92 Å². The first-order valence-corrected chi connectivity index (χ1v) is 6.56. The van der Waals surface area contributed by atoms with Crippen molar-refractivity contribution in [3.63, 3.8) is 0 Å². The lowest BCUT2D eigenvalue weighted by atomic mass is 10.1. The zero-order valence-corrected chi connectivity index (χ0v) is 12.2. The first-order chi connectivity index (χ1) is 9.90. The van der Waals surface area contributed by atoms with Gasteiger partial charge in [0.25, 0.3) is 5.69 Å². The van der Waals surface area contributed by atoms with E-state index in [-0.39, 0.29) is 18.0 Å². The van der Waals surface area contributed by atoms with Crippen LogP contribution in [0.2, 0.25) is 0 Å². The van der Waals surface area contributed by atoms with Crippen molar-refractivity contribution in [2.24, 2.45) is 0 Å². The molecular formula is C16H17NO4. The summed E-state index contributed by atoms with van der Waals surface area (Å²) >= 11 is 0. The average molecular weight is 287 g/mol. The molecular weight excluding hydrogens is 270 g/mol. The Bertz CT molecular complexity index is 695. The van der Waals surface area contributed by atoms with Gasteiger partial charge in [-0.1, -0.05) is 12.1 Å². The Morgan fingerprint density at radius 2 is 1.86 bits per heavy atom. The van der Waals surface area contributed by atoms with E-state index in [2.05, 4.69) is 0 Å². The van der Waals surface area contributed by atoms with Crippen LogP contribution >= 0.6 is 0 Å². The lowest BCUT2D eigenvalue weighted by Gasteiger charge is -2.12. The van der Waals surface area contributed by atoms with Crippen LogP contribution in [0.5, 0.6) is 11.5 Å². The third kappa shape index (κ3) is 3.13. The number of hydrogen-bond donors (Lipinski definition) is 1. The molecule has 0 aromatic heterocycles. The summed E-state index contributed by atoms with van der Waals surface area (Å²) in [6.45, 7) is 5.53. The molecule has 0 atom stereocenters. The summed E-state index contributed by atoms with van der Waals surface area (Å²) in [7, 11) is 0. The fourth-order valence-corrected chi connectivity index (χ4v) is 2.13. The third-order valence-electron chi connectivity index (χ3n) is 3.45. The molecule has 2 aromatic rings. The number of aryl methyl sites for hydroxylation is 3. The second-order valence-electron chi connectivity index (χ2n) is 5.02. The third-order valence-corrected chi connectivity index (χ3v) is 3.45. The number of nitro groups is 1. The summed E-state index contributed by atoms with van der Waals surface area (Å²) in [5.74, 6) is 0.824. The smallest absolute Gasteiger partial charge is 0.276 e. The van der Waals surface area contributed by atoms with Crippen LogP contribution in [0.15, 0.2) is 30.3 Å². The lowest BCUT2D eigenvalue weighted by Crippen LogP contribution is -2.03. The maximum atomic E-state index is 11.1. The van der Waals surface area contributed by atoms with Gasteiger partial charge in [0.15, 0.2) is 0 Å². The van der Waals surface area contributed by atoms with E-state index in [0.29, 0.717) is 16.9 Å². The van der Waals surface area contributed by atoms with Crippen molar-refractivity contribution < 1.29 is 14.8 Å². The molecule has 0 amide bonds. The molecule has 0 aliphatic heterocycles. The second-order valence-corrected chi connectivity index (χ2v) is 5.02. The maximum absolute atomic E-state index is 11.1. The first kappa shape index (κ1) is 14.8. The van der Waals surface area contributed by atoms with Gasteiger partial charge in [0, 0.05) is 6.07 Å². The summed E-state index contributed by atoms with van der Waals surface area (Å²) in [6.07, 6.45) is 0. The van der Waals surface area contributed by atoms with E-state index in [1.165, 1.54) is 6.07 Å². The van der Waals surface area contributed by atoms with E-state index in [1.807, 2.05) is 19.9 Å². The van der Waals surface area contributed by atoms with Crippen LogP contribution in [0.25, 0.3) is 0 Å². The summed E-state index contributed by atoms with van der Waals surface area (Å²) in [4.78, 5) is 10.7. The SMILES string of the molecule is Cc1cc(OCc2c(C)cccc2[N+](=O)[O-])c(C)cc1O. The number of phenols is 1. The van der Waals surface area contributed by atoms with Crippen LogP contribution in [0.3, 0.4) is 0 Å². The number of rotatable bonds is 4. The van der Waals surface area contributed by atoms with E-state index in [9.17, 15) is 15.2 Å². The minimum absolute atomic E-state index is 0.0585. The Kier molecular flexibility index (Phi) is 4.12. The summed E-state index contributed by atoms with van der Waals surface area (Å²) in [6, 6.07) is 8.31. The van der Waals surface area contributed by atoms with Gasteiger partial charge in [-0.05, 0) is 49.6 Å². The molecule has 0 fully saturated rings. The molecule has 21 heavy (non-hydrogen) atoms. The summed E-state index contributed by atoms with van der Waals surface area (Å²) in [5.41, 5.74) is 2.93. The molecule has 2 aromatic carbocycles. The van der Waals surface area contributed by atoms with E-state index in [4.69, 9.17) is 4.74 Å². The maximum Gasteiger partial charge on any atom is 0.276 e. The number of ether oxygens (including phenoxy) is 1. The number of nitrogens with zero attached hydrogens (tertiary/aromatic N) is 1. The average Bonchev–Trinajstić information content (AvgIpc) is 2.42. The molecule has 0 heterocycles. The molecule has 0 aliphatic carbocycles. The van der Waals surface area contributed by atoms with Crippen molar-refractivity contribution in [2.45, 2.75) is 27.4 Å². The minimum atomic E-state index is -0.402. The number of benzene rings is 2. The molecule has 1 N–H and O–H groups in total. The van der Waals surface area contributed by atoms with Crippen molar-refractivity contribution in [1.29, 1.82) is 0 Å². The van der Waals surface area contributed by atoms with Crippen molar-refractivity contribution in [2.75, 3.05) is 0 Å². The van der Waals surface area contributed by atoms with Gasteiger partial charge in [0.05, 0.1) is 10.5 Å². The number of phenolic OH excluding ortho intramolecular Hbond substituents is 1. The van der Waals surface area contributed by atoms with Crippen LogP contribution < -0.4 is 4.74 Å². The monoisotopic (exact) mass is 287 g/mol. The Morgan fingerprint density at radius 1 is 1.14 bits per heavy atom. The van der Waals surface area contributed by atoms with Gasteiger partial charge in [-0.2, -0.15) is 0 Å². The van der Waals surface area contributed by atoms with Crippen LogP contribution in [0.4, 0.5) is 5.69 Å². The molecule has 0 saturated heterocycles. The number of aromatic hydroxyl groups is 1. The van der Waals surface area contributed by atoms with E-state index >= 15 is 0 Å². The highest BCUT2D eigenvalue weighted by Crippen LogP contribution is 2.29. The fourth-order valence-electron chi connectivity index (χ4n) is 2.13. The summed E-state index contributed by atoms with van der Waals surface area (Å²) < 4.78 is 5.71. The Hall–Kier alpha value is -2.56. The number of hydrogen-bond acceptors (Lipinski definition) is 4. The summed E-state index contributed by atoms with van der Waals surface area (Å²) in [5, 5.41) is 20.7. The highest BCUT2D eigenvalue weighted by atomic mass is 16.6. The fraction of sp³-hybridized carbons (Fsp3) is 0.250. The largest absolute Gasteiger partial charge is 0.508 e. The molecule has 2 rings (SSSR count). The van der Waals surface area contributed by atoms with Crippen LogP contribution in [0, 0.1) is 30.9 Å².